The highest BCUT2D eigenvalue weighted by atomic mass is 79.9. The van der Waals surface area contributed by atoms with Gasteiger partial charge in [-0.3, -0.25) is 4.79 Å². The highest BCUT2D eigenvalue weighted by Crippen LogP contribution is 2.47. The van der Waals surface area contributed by atoms with E-state index < -0.39 is 0 Å². The highest BCUT2D eigenvalue weighted by Gasteiger charge is 2.45. The van der Waals surface area contributed by atoms with Gasteiger partial charge in [0.15, 0.2) is 0 Å². The maximum atomic E-state index is 13.2. The molecule has 27 heavy (non-hydrogen) atoms. The van der Waals surface area contributed by atoms with Crippen LogP contribution in [0.3, 0.4) is 0 Å². The van der Waals surface area contributed by atoms with Crippen LogP contribution in [0, 0.1) is 11.3 Å². The van der Waals surface area contributed by atoms with Gasteiger partial charge < -0.3 is 10.1 Å². The smallest absolute Gasteiger partial charge is 0.226 e. The third-order valence-electron chi connectivity index (χ3n) is 5.02. The molecule has 7 heteroatoms. The molecule has 0 saturated heterocycles. The molecule has 0 spiro atoms. The molecule has 2 aromatic rings. The van der Waals surface area contributed by atoms with Gasteiger partial charge in [0.05, 0.1) is 18.6 Å². The Kier molecular flexibility index (Phi) is 4.58. The third kappa shape index (κ3) is 3.29. The Morgan fingerprint density at radius 3 is 3.00 bits per heavy atom. The van der Waals surface area contributed by atoms with E-state index >= 15 is 0 Å². The highest BCUT2D eigenvalue weighted by molar-refractivity contribution is 9.10. The molecule has 6 nitrogen and oxygen atoms in total. The van der Waals surface area contributed by atoms with Crippen molar-refractivity contribution in [1.82, 2.24) is 14.8 Å². The van der Waals surface area contributed by atoms with Gasteiger partial charge in [0.1, 0.15) is 17.9 Å². The number of nitrogens with zero attached hydrogens (tertiary/aromatic N) is 3. The molecule has 2 heterocycles. The fourth-order valence-electron chi connectivity index (χ4n) is 3.97. The summed E-state index contributed by atoms with van der Waals surface area (Å²) in [5, 5.41) is 7.74. The Hall–Kier alpha value is -2.15. The third-order valence-corrected chi connectivity index (χ3v) is 5.51. The zero-order valence-electron chi connectivity index (χ0n) is 15.7. The van der Waals surface area contributed by atoms with E-state index in [2.05, 4.69) is 58.2 Å². The average molecular weight is 431 g/mol. The Balaban J connectivity index is 1.89. The number of ether oxygens (including phenoxy) is 1. The van der Waals surface area contributed by atoms with Gasteiger partial charge in [0.2, 0.25) is 5.95 Å². The van der Waals surface area contributed by atoms with Crippen LogP contribution in [-0.2, 0) is 4.79 Å². The number of nitrogens with one attached hydrogen (secondary N) is 1. The maximum absolute atomic E-state index is 13.2. The summed E-state index contributed by atoms with van der Waals surface area (Å²) in [7, 11) is 0. The van der Waals surface area contributed by atoms with Crippen LogP contribution in [0.25, 0.3) is 0 Å². The molecule has 142 valence electrons. The summed E-state index contributed by atoms with van der Waals surface area (Å²) in [4.78, 5) is 17.5. The molecule has 1 aliphatic heterocycles. The SMILES string of the molecule is CCCOc1ccc(Br)cc1[C@@H]1[C@H]2C(=O)CC(C)(C)C=C2Nc2ncnn21. The zero-order valence-corrected chi connectivity index (χ0v) is 17.3. The first-order chi connectivity index (χ1) is 12.9. The van der Waals surface area contributed by atoms with E-state index in [0.717, 1.165) is 27.9 Å². The number of carbonyl (C=O) groups excluding carboxylic acids is 1. The number of ketones is 1. The lowest BCUT2D eigenvalue weighted by molar-refractivity contribution is -0.125. The second kappa shape index (κ2) is 6.78. The Morgan fingerprint density at radius 2 is 2.22 bits per heavy atom. The lowest BCUT2D eigenvalue weighted by Crippen LogP contribution is -2.42. The van der Waals surface area contributed by atoms with Crippen LogP contribution < -0.4 is 10.1 Å². The fraction of sp³-hybridized carbons (Fsp3) is 0.450. The number of aromatic nitrogens is 3. The molecular formula is C20H23BrN4O2. The second-order valence-corrected chi connectivity index (χ2v) is 8.75. The first-order valence-corrected chi connectivity index (χ1v) is 10.0. The Labute approximate surface area is 167 Å². The molecule has 2 atom stereocenters. The summed E-state index contributed by atoms with van der Waals surface area (Å²) in [6.07, 6.45) is 5.10. The average Bonchev–Trinajstić information content (AvgIpc) is 3.05. The predicted molar refractivity (Wildman–Crippen MR) is 107 cm³/mol. The van der Waals surface area contributed by atoms with Crippen LogP contribution in [0.1, 0.15) is 45.2 Å². The van der Waals surface area contributed by atoms with E-state index in [-0.39, 0.29) is 23.2 Å². The van der Waals surface area contributed by atoms with Gasteiger partial charge in [0, 0.05) is 22.2 Å². The minimum Gasteiger partial charge on any atom is -0.493 e. The quantitative estimate of drug-likeness (QED) is 0.780. The summed E-state index contributed by atoms with van der Waals surface area (Å²) >= 11 is 3.57. The standard InChI is InChI=1S/C20H23BrN4O2/c1-4-7-27-16-6-5-12(21)8-13(16)18-17-14(9-20(2,3)10-15(17)26)24-19-22-11-23-25(18)19/h5-6,8-9,11,17-18H,4,7,10H2,1-3H3,(H,22,23,24)/t17-,18-/m1/s1. The molecule has 0 unspecified atom stereocenters. The minimum absolute atomic E-state index is 0.179. The van der Waals surface area contributed by atoms with Crippen LogP contribution in [0.4, 0.5) is 5.95 Å². The number of carbonyl (C=O) groups is 1. The van der Waals surface area contributed by atoms with E-state index in [9.17, 15) is 4.79 Å². The van der Waals surface area contributed by atoms with Crippen LogP contribution >= 0.6 is 15.9 Å². The molecular weight excluding hydrogens is 408 g/mol. The fourth-order valence-corrected chi connectivity index (χ4v) is 4.35. The van der Waals surface area contributed by atoms with Gasteiger partial charge in [-0.15, -0.1) is 0 Å². The summed E-state index contributed by atoms with van der Waals surface area (Å²) in [5.74, 6) is 1.31. The minimum atomic E-state index is -0.328. The molecule has 0 amide bonds. The van der Waals surface area contributed by atoms with E-state index in [1.807, 2.05) is 18.2 Å². The van der Waals surface area contributed by atoms with Crippen molar-refractivity contribution >= 4 is 27.7 Å². The Morgan fingerprint density at radius 1 is 1.41 bits per heavy atom. The first kappa shape index (κ1) is 18.2. The van der Waals surface area contributed by atoms with Gasteiger partial charge in [0.25, 0.3) is 0 Å². The second-order valence-electron chi connectivity index (χ2n) is 7.84. The largest absolute Gasteiger partial charge is 0.493 e. The van der Waals surface area contributed by atoms with Crippen molar-refractivity contribution in [2.24, 2.45) is 11.3 Å². The lowest BCUT2D eigenvalue weighted by Gasteiger charge is -2.40. The molecule has 1 N–H and O–H groups in total. The van der Waals surface area contributed by atoms with Gasteiger partial charge in [-0.2, -0.15) is 10.1 Å². The monoisotopic (exact) mass is 430 g/mol. The van der Waals surface area contributed by atoms with Crippen molar-refractivity contribution in [2.75, 3.05) is 11.9 Å². The van der Waals surface area contributed by atoms with Crippen molar-refractivity contribution in [3.05, 3.63) is 46.3 Å². The van der Waals surface area contributed by atoms with E-state index in [4.69, 9.17) is 4.74 Å². The summed E-state index contributed by atoms with van der Waals surface area (Å²) < 4.78 is 8.75. The summed E-state index contributed by atoms with van der Waals surface area (Å²) in [6.45, 7) is 6.86. The van der Waals surface area contributed by atoms with Gasteiger partial charge in [-0.1, -0.05) is 42.8 Å². The molecule has 0 radical (unpaired) electrons. The number of benzene rings is 1. The van der Waals surface area contributed by atoms with Crippen molar-refractivity contribution in [3.8, 4) is 5.75 Å². The van der Waals surface area contributed by atoms with Gasteiger partial charge >= 0.3 is 0 Å². The number of fused-ring (bicyclic) bond motifs is 2. The normalized spacial score (nSPS) is 23.1. The van der Waals surface area contributed by atoms with E-state index in [1.54, 1.807) is 4.68 Å². The molecule has 4 rings (SSSR count). The van der Waals surface area contributed by atoms with E-state index in [1.165, 1.54) is 6.33 Å². The molecule has 2 aliphatic rings. The molecule has 0 saturated carbocycles. The van der Waals surface area contributed by atoms with E-state index in [0.29, 0.717) is 19.0 Å². The first-order valence-electron chi connectivity index (χ1n) is 9.24. The van der Waals surface area contributed by atoms with Gasteiger partial charge in [-0.05, 0) is 30.0 Å². The van der Waals surface area contributed by atoms with Crippen LogP contribution in [0.2, 0.25) is 0 Å². The number of Topliss-reactive ketones (excluding diaryl/α,β-unsaturated/α-hetero) is 1. The maximum Gasteiger partial charge on any atom is 0.226 e. The van der Waals surface area contributed by atoms with Crippen molar-refractivity contribution < 1.29 is 9.53 Å². The van der Waals surface area contributed by atoms with Crippen LogP contribution in [-0.4, -0.2) is 27.2 Å². The van der Waals surface area contributed by atoms with Crippen molar-refractivity contribution in [3.63, 3.8) is 0 Å². The predicted octanol–water partition coefficient (Wildman–Crippen LogP) is 4.34. The van der Waals surface area contributed by atoms with Crippen molar-refractivity contribution in [2.45, 2.75) is 39.7 Å². The molecule has 0 bridgehead atoms. The topological polar surface area (TPSA) is 69.0 Å². The van der Waals surface area contributed by atoms with Crippen LogP contribution in [0.5, 0.6) is 5.75 Å². The van der Waals surface area contributed by atoms with Crippen molar-refractivity contribution in [1.29, 1.82) is 0 Å². The number of rotatable bonds is 4. The number of hydrogen-bond donors (Lipinski definition) is 1. The van der Waals surface area contributed by atoms with Gasteiger partial charge in [-0.25, -0.2) is 4.68 Å². The lowest BCUT2D eigenvalue weighted by atomic mass is 9.72. The molecule has 1 aliphatic carbocycles. The molecule has 1 aromatic heterocycles. The summed E-state index contributed by atoms with van der Waals surface area (Å²) in [5.41, 5.74) is 1.67. The molecule has 1 aromatic carbocycles. The number of anilines is 1. The van der Waals surface area contributed by atoms with Crippen LogP contribution in [0.15, 0.2) is 40.8 Å². The molecule has 0 fully saturated rings. The zero-order chi connectivity index (χ0) is 19.2. The summed E-state index contributed by atoms with van der Waals surface area (Å²) in [6, 6.07) is 5.65. The number of halogens is 1. The number of hydrogen-bond acceptors (Lipinski definition) is 5. The Bertz CT molecular complexity index is 918. The number of allylic oxidation sites excluding steroid dienone is 2.